The number of hydrogen-bond acceptors (Lipinski definition) is 3. The molecule has 2 bridgehead atoms. The van der Waals surface area contributed by atoms with Gasteiger partial charge in [0.15, 0.2) is 0 Å². The molecule has 3 nitrogen and oxygen atoms in total. The summed E-state index contributed by atoms with van der Waals surface area (Å²) in [5.74, 6) is 0. The SMILES string of the molecule is O=S(=O)(C1=C[C@H]2CC[C@@H](C1)O2)c1ccccc1. The zero-order chi connectivity index (χ0) is 11.9. The lowest BCUT2D eigenvalue weighted by molar-refractivity contribution is 0.0628. The first kappa shape index (κ1) is 11.0. The Labute approximate surface area is 101 Å². The summed E-state index contributed by atoms with van der Waals surface area (Å²) >= 11 is 0. The molecule has 0 saturated carbocycles. The van der Waals surface area contributed by atoms with Gasteiger partial charge in [0.1, 0.15) is 0 Å². The molecule has 0 radical (unpaired) electrons. The molecule has 0 N–H and O–H groups in total. The number of ether oxygens (including phenoxy) is 1. The number of benzene rings is 1. The Morgan fingerprint density at radius 1 is 1.12 bits per heavy atom. The highest BCUT2D eigenvalue weighted by Crippen LogP contribution is 2.35. The van der Waals surface area contributed by atoms with E-state index in [1.807, 2.05) is 6.07 Å². The summed E-state index contributed by atoms with van der Waals surface area (Å²) in [5.41, 5.74) is 0. The summed E-state index contributed by atoms with van der Waals surface area (Å²) < 4.78 is 30.4. The molecule has 90 valence electrons. The molecule has 4 heteroatoms. The van der Waals surface area contributed by atoms with Crippen LogP contribution in [0.25, 0.3) is 0 Å². The van der Waals surface area contributed by atoms with Gasteiger partial charge in [0.25, 0.3) is 0 Å². The van der Waals surface area contributed by atoms with Crippen LogP contribution in [0.3, 0.4) is 0 Å². The Bertz CT molecular complexity index is 545. The highest BCUT2D eigenvalue weighted by molar-refractivity contribution is 7.95. The second-order valence-electron chi connectivity index (χ2n) is 4.53. The van der Waals surface area contributed by atoms with Crippen LogP contribution in [0.15, 0.2) is 46.2 Å². The number of fused-ring (bicyclic) bond motifs is 2. The van der Waals surface area contributed by atoms with Crippen molar-refractivity contribution in [2.24, 2.45) is 0 Å². The maximum Gasteiger partial charge on any atom is 0.202 e. The van der Waals surface area contributed by atoms with Gasteiger partial charge < -0.3 is 4.74 Å². The van der Waals surface area contributed by atoms with Gasteiger partial charge in [0.05, 0.1) is 22.0 Å². The first-order valence-electron chi connectivity index (χ1n) is 5.82. The molecule has 0 spiro atoms. The Hall–Kier alpha value is -1.13. The molecule has 0 aliphatic carbocycles. The van der Waals surface area contributed by atoms with Crippen LogP contribution in [-0.2, 0) is 14.6 Å². The van der Waals surface area contributed by atoms with Gasteiger partial charge >= 0.3 is 0 Å². The smallest absolute Gasteiger partial charge is 0.202 e. The van der Waals surface area contributed by atoms with E-state index >= 15 is 0 Å². The molecule has 1 saturated heterocycles. The molecule has 1 aromatic carbocycles. The average molecular weight is 250 g/mol. The van der Waals surface area contributed by atoms with Gasteiger partial charge in [-0.05, 0) is 31.1 Å². The molecule has 2 heterocycles. The molecule has 0 unspecified atom stereocenters. The van der Waals surface area contributed by atoms with Gasteiger partial charge in [-0.25, -0.2) is 8.42 Å². The van der Waals surface area contributed by atoms with Crippen LogP contribution in [0.2, 0.25) is 0 Å². The lowest BCUT2D eigenvalue weighted by Crippen LogP contribution is -2.20. The first-order valence-corrected chi connectivity index (χ1v) is 7.31. The van der Waals surface area contributed by atoms with Crippen molar-refractivity contribution >= 4 is 9.84 Å². The van der Waals surface area contributed by atoms with Crippen LogP contribution < -0.4 is 0 Å². The first-order chi connectivity index (χ1) is 8.16. The molecule has 2 atom stereocenters. The van der Waals surface area contributed by atoms with Crippen molar-refractivity contribution in [2.45, 2.75) is 36.4 Å². The minimum atomic E-state index is -3.31. The van der Waals surface area contributed by atoms with Gasteiger partial charge in [-0.1, -0.05) is 18.2 Å². The normalized spacial score (nSPS) is 27.9. The fourth-order valence-corrected chi connectivity index (χ4v) is 4.01. The molecule has 2 aliphatic rings. The fraction of sp³-hybridized carbons (Fsp3) is 0.385. The monoisotopic (exact) mass is 250 g/mol. The highest BCUT2D eigenvalue weighted by atomic mass is 32.2. The van der Waals surface area contributed by atoms with Gasteiger partial charge in [-0.3, -0.25) is 0 Å². The van der Waals surface area contributed by atoms with Crippen molar-refractivity contribution in [2.75, 3.05) is 0 Å². The topological polar surface area (TPSA) is 43.4 Å². The quantitative estimate of drug-likeness (QED) is 0.809. The van der Waals surface area contributed by atoms with E-state index in [9.17, 15) is 8.42 Å². The molecule has 0 aromatic heterocycles. The minimum Gasteiger partial charge on any atom is -0.371 e. The molecule has 1 aromatic rings. The molecular weight excluding hydrogens is 236 g/mol. The van der Waals surface area contributed by atoms with Crippen molar-refractivity contribution in [3.05, 3.63) is 41.3 Å². The summed E-state index contributed by atoms with van der Waals surface area (Å²) in [4.78, 5) is 0.912. The molecular formula is C13H14O3S. The second-order valence-corrected chi connectivity index (χ2v) is 6.53. The van der Waals surface area contributed by atoms with E-state index in [-0.39, 0.29) is 12.2 Å². The summed E-state index contributed by atoms with van der Waals surface area (Å²) in [5, 5.41) is 0. The maximum absolute atomic E-state index is 12.4. The van der Waals surface area contributed by atoms with Crippen LogP contribution >= 0.6 is 0 Å². The molecule has 3 rings (SSSR count). The van der Waals surface area contributed by atoms with Crippen molar-refractivity contribution < 1.29 is 13.2 Å². The van der Waals surface area contributed by atoms with Crippen molar-refractivity contribution in [3.63, 3.8) is 0 Å². The molecule has 0 amide bonds. The minimum absolute atomic E-state index is 0.00207. The third-order valence-electron chi connectivity index (χ3n) is 3.34. The third-order valence-corrected chi connectivity index (χ3v) is 5.23. The zero-order valence-corrected chi connectivity index (χ0v) is 10.2. The van der Waals surface area contributed by atoms with Gasteiger partial charge in [-0.15, -0.1) is 0 Å². The Balaban J connectivity index is 2.00. The van der Waals surface area contributed by atoms with E-state index < -0.39 is 9.84 Å². The van der Waals surface area contributed by atoms with E-state index in [2.05, 4.69) is 0 Å². The predicted molar refractivity (Wildman–Crippen MR) is 64.2 cm³/mol. The van der Waals surface area contributed by atoms with Crippen LogP contribution in [0.1, 0.15) is 19.3 Å². The van der Waals surface area contributed by atoms with E-state index in [0.717, 1.165) is 12.8 Å². The predicted octanol–water partition coefficient (Wildman–Crippen LogP) is 2.30. The highest BCUT2D eigenvalue weighted by Gasteiger charge is 2.34. The summed E-state index contributed by atoms with van der Waals surface area (Å²) in [6.45, 7) is 0. The standard InChI is InChI=1S/C13H14O3S/c14-17(15,12-4-2-1-3-5-12)13-8-10-6-7-11(9-13)16-10/h1-5,8,10-11H,6-7,9H2/t10-,11+/m1/s1. The Morgan fingerprint density at radius 2 is 1.88 bits per heavy atom. The number of sulfone groups is 1. The third kappa shape index (κ3) is 1.91. The summed E-state index contributed by atoms with van der Waals surface area (Å²) in [6, 6.07) is 8.62. The van der Waals surface area contributed by atoms with Gasteiger partial charge in [0.2, 0.25) is 9.84 Å². The van der Waals surface area contributed by atoms with Crippen LogP contribution in [-0.4, -0.2) is 20.6 Å². The maximum atomic E-state index is 12.4. The van der Waals surface area contributed by atoms with Crippen molar-refractivity contribution in [1.29, 1.82) is 0 Å². The number of hydrogen-bond donors (Lipinski definition) is 0. The van der Waals surface area contributed by atoms with Crippen molar-refractivity contribution in [1.82, 2.24) is 0 Å². The molecule has 2 aliphatic heterocycles. The average Bonchev–Trinajstić information content (AvgIpc) is 2.69. The van der Waals surface area contributed by atoms with Gasteiger partial charge in [0, 0.05) is 6.42 Å². The van der Waals surface area contributed by atoms with E-state index in [4.69, 9.17) is 4.74 Å². The Kier molecular flexibility index (Phi) is 2.56. The van der Waals surface area contributed by atoms with E-state index in [1.54, 1.807) is 30.3 Å². The second kappa shape index (κ2) is 3.96. The lowest BCUT2D eigenvalue weighted by Gasteiger charge is -2.20. The largest absolute Gasteiger partial charge is 0.371 e. The summed E-state index contributed by atoms with van der Waals surface area (Å²) in [7, 11) is -3.31. The van der Waals surface area contributed by atoms with E-state index in [0.29, 0.717) is 16.2 Å². The molecule has 17 heavy (non-hydrogen) atoms. The lowest BCUT2D eigenvalue weighted by atomic mass is 10.2. The fourth-order valence-electron chi connectivity index (χ4n) is 2.46. The van der Waals surface area contributed by atoms with E-state index in [1.165, 1.54) is 0 Å². The zero-order valence-electron chi connectivity index (χ0n) is 9.37. The van der Waals surface area contributed by atoms with Crippen molar-refractivity contribution in [3.8, 4) is 0 Å². The van der Waals surface area contributed by atoms with Crippen LogP contribution in [0, 0.1) is 0 Å². The van der Waals surface area contributed by atoms with Gasteiger partial charge in [-0.2, -0.15) is 0 Å². The molecule has 1 fully saturated rings. The van der Waals surface area contributed by atoms with Crippen LogP contribution in [0.5, 0.6) is 0 Å². The number of rotatable bonds is 2. The summed E-state index contributed by atoms with van der Waals surface area (Å²) in [6.07, 6.45) is 4.31. The Morgan fingerprint density at radius 3 is 2.59 bits per heavy atom. The van der Waals surface area contributed by atoms with Crippen LogP contribution in [0.4, 0.5) is 0 Å².